The third kappa shape index (κ3) is 7.31. The van der Waals surface area contributed by atoms with Crippen molar-refractivity contribution >= 4 is 17.7 Å². The van der Waals surface area contributed by atoms with Gasteiger partial charge in [-0.1, -0.05) is 37.9 Å². The van der Waals surface area contributed by atoms with Gasteiger partial charge in [0, 0.05) is 12.7 Å². The van der Waals surface area contributed by atoms with Gasteiger partial charge in [0.2, 0.25) is 5.91 Å². The highest BCUT2D eigenvalue weighted by Crippen LogP contribution is 2.28. The van der Waals surface area contributed by atoms with Crippen LogP contribution >= 0.6 is 11.8 Å². The molecule has 1 aromatic heterocycles. The molecule has 0 spiro atoms. The quantitative estimate of drug-likeness (QED) is 0.453. The zero-order valence-electron chi connectivity index (χ0n) is 11.7. The number of rotatable bonds is 8. The number of unbranched alkanes of at least 4 members (excludes halogenated alkanes) is 3. The van der Waals surface area contributed by atoms with Crippen LogP contribution in [0.15, 0.2) is 17.4 Å². The number of hydrogen-bond acceptors (Lipinski definition) is 4. The van der Waals surface area contributed by atoms with Crippen molar-refractivity contribution in [2.45, 2.75) is 43.9 Å². The summed E-state index contributed by atoms with van der Waals surface area (Å²) in [7, 11) is 0. The molecule has 0 atom stereocenters. The molecule has 0 aliphatic carbocycles. The van der Waals surface area contributed by atoms with Gasteiger partial charge in [-0.05, 0) is 12.5 Å². The number of nitrogens with one attached hydrogen (secondary N) is 1. The molecule has 0 aliphatic rings. The molecule has 0 aliphatic heterocycles. The highest BCUT2D eigenvalue weighted by atomic mass is 32.2. The molecule has 0 aromatic carbocycles. The second kappa shape index (κ2) is 8.86. The average molecular weight is 321 g/mol. The molecule has 0 bridgehead atoms. The third-order valence-corrected chi connectivity index (χ3v) is 3.47. The molecule has 0 saturated heterocycles. The Morgan fingerprint density at radius 2 is 2.10 bits per heavy atom. The molecule has 1 N–H and O–H groups in total. The highest BCUT2D eigenvalue weighted by Gasteiger charge is 2.32. The number of amides is 1. The van der Waals surface area contributed by atoms with Crippen LogP contribution in [0.5, 0.6) is 0 Å². The lowest BCUT2D eigenvalue weighted by Gasteiger charge is -2.07. The first-order valence-corrected chi connectivity index (χ1v) is 7.71. The maximum Gasteiger partial charge on any atom is 0.433 e. The fourth-order valence-corrected chi connectivity index (χ4v) is 2.19. The van der Waals surface area contributed by atoms with E-state index in [9.17, 15) is 18.0 Å². The minimum atomic E-state index is -4.50. The van der Waals surface area contributed by atoms with E-state index in [1.807, 2.05) is 0 Å². The van der Waals surface area contributed by atoms with Crippen LogP contribution < -0.4 is 5.32 Å². The van der Waals surface area contributed by atoms with Gasteiger partial charge in [-0.2, -0.15) is 13.2 Å². The summed E-state index contributed by atoms with van der Waals surface area (Å²) < 4.78 is 37.4. The van der Waals surface area contributed by atoms with Crippen LogP contribution in [0.25, 0.3) is 0 Å². The largest absolute Gasteiger partial charge is 0.433 e. The molecule has 0 fully saturated rings. The average Bonchev–Trinajstić information content (AvgIpc) is 2.44. The second-order valence-electron chi connectivity index (χ2n) is 4.42. The van der Waals surface area contributed by atoms with Crippen molar-refractivity contribution in [3.05, 3.63) is 18.0 Å². The van der Waals surface area contributed by atoms with E-state index < -0.39 is 11.9 Å². The first-order chi connectivity index (χ1) is 9.93. The van der Waals surface area contributed by atoms with E-state index in [2.05, 4.69) is 22.2 Å². The standard InChI is InChI=1S/C13H18F3N3OS/c1-2-3-4-5-7-17-11(20)9-21-12-18-8-6-10(19-12)13(14,15)16/h6,8H,2-5,7,9H2,1H3,(H,17,20). The van der Waals surface area contributed by atoms with Crippen LogP contribution in [-0.4, -0.2) is 28.2 Å². The van der Waals surface area contributed by atoms with Crippen LogP contribution in [0.2, 0.25) is 0 Å². The number of carbonyl (C=O) groups excluding carboxylic acids is 1. The fourth-order valence-electron chi connectivity index (χ4n) is 1.53. The summed E-state index contributed by atoms with van der Waals surface area (Å²) >= 11 is 0.893. The van der Waals surface area contributed by atoms with Crippen LogP contribution in [-0.2, 0) is 11.0 Å². The van der Waals surface area contributed by atoms with E-state index >= 15 is 0 Å². The Labute approximate surface area is 125 Å². The van der Waals surface area contributed by atoms with Crippen LogP contribution in [0.4, 0.5) is 13.2 Å². The number of alkyl halides is 3. The maximum absolute atomic E-state index is 12.5. The van der Waals surface area contributed by atoms with Crippen LogP contribution in [0, 0.1) is 0 Å². The van der Waals surface area contributed by atoms with Crippen molar-refractivity contribution in [1.29, 1.82) is 0 Å². The molecule has 1 amide bonds. The number of aromatic nitrogens is 2. The Kier molecular flexibility index (Phi) is 7.49. The molecular weight excluding hydrogens is 303 g/mol. The predicted molar refractivity (Wildman–Crippen MR) is 74.9 cm³/mol. The summed E-state index contributed by atoms with van der Waals surface area (Å²) in [6.45, 7) is 2.69. The van der Waals surface area contributed by atoms with E-state index in [1.54, 1.807) is 0 Å². The lowest BCUT2D eigenvalue weighted by atomic mass is 10.2. The molecule has 4 nitrogen and oxygen atoms in total. The van der Waals surface area contributed by atoms with Gasteiger partial charge < -0.3 is 5.32 Å². The van der Waals surface area contributed by atoms with Crippen molar-refractivity contribution in [2.75, 3.05) is 12.3 Å². The van der Waals surface area contributed by atoms with E-state index in [0.29, 0.717) is 6.54 Å². The number of thioether (sulfide) groups is 1. The van der Waals surface area contributed by atoms with Gasteiger partial charge in [0.15, 0.2) is 5.16 Å². The summed E-state index contributed by atoms with van der Waals surface area (Å²) in [5.41, 5.74) is -1.00. The molecule has 0 saturated carbocycles. The number of hydrogen-bond donors (Lipinski definition) is 1. The smallest absolute Gasteiger partial charge is 0.355 e. The third-order valence-electron chi connectivity index (χ3n) is 2.61. The van der Waals surface area contributed by atoms with Gasteiger partial charge in [0.05, 0.1) is 5.75 Å². The van der Waals surface area contributed by atoms with Crippen molar-refractivity contribution in [3.8, 4) is 0 Å². The normalized spacial score (nSPS) is 11.4. The Hall–Kier alpha value is -1.31. The summed E-state index contributed by atoms with van der Waals surface area (Å²) in [6, 6.07) is 0.803. The highest BCUT2D eigenvalue weighted by molar-refractivity contribution is 7.99. The van der Waals surface area contributed by atoms with Crippen molar-refractivity contribution < 1.29 is 18.0 Å². The first-order valence-electron chi connectivity index (χ1n) is 6.73. The minimum absolute atomic E-state index is 0.00902. The molecule has 118 valence electrons. The topological polar surface area (TPSA) is 54.9 Å². The molecule has 8 heteroatoms. The Bertz CT molecular complexity index is 455. The maximum atomic E-state index is 12.5. The van der Waals surface area contributed by atoms with E-state index in [1.165, 1.54) is 0 Å². The molecule has 1 heterocycles. The lowest BCUT2D eigenvalue weighted by Crippen LogP contribution is -2.26. The molecule has 0 unspecified atom stereocenters. The van der Waals surface area contributed by atoms with Crippen molar-refractivity contribution in [2.24, 2.45) is 0 Å². The summed E-state index contributed by atoms with van der Waals surface area (Å²) in [5.74, 6) is -0.216. The molecule has 1 aromatic rings. The molecule has 21 heavy (non-hydrogen) atoms. The Morgan fingerprint density at radius 1 is 1.33 bits per heavy atom. The number of halogens is 3. The zero-order valence-corrected chi connectivity index (χ0v) is 12.6. The van der Waals surface area contributed by atoms with Crippen molar-refractivity contribution in [3.63, 3.8) is 0 Å². The summed E-state index contributed by atoms with van der Waals surface area (Å²) in [4.78, 5) is 18.6. The summed E-state index contributed by atoms with van der Waals surface area (Å²) in [5, 5.41) is 2.67. The minimum Gasteiger partial charge on any atom is -0.355 e. The SMILES string of the molecule is CCCCCCNC(=O)CSc1nccc(C(F)(F)F)n1. The molecule has 1 rings (SSSR count). The van der Waals surface area contributed by atoms with Gasteiger partial charge >= 0.3 is 6.18 Å². The fraction of sp³-hybridized carbons (Fsp3) is 0.615. The lowest BCUT2D eigenvalue weighted by molar-refractivity contribution is -0.141. The van der Waals surface area contributed by atoms with E-state index in [4.69, 9.17) is 0 Å². The predicted octanol–water partition coefficient (Wildman–Crippen LogP) is 3.28. The van der Waals surface area contributed by atoms with Gasteiger partial charge in [-0.25, -0.2) is 9.97 Å². The van der Waals surface area contributed by atoms with Gasteiger partial charge in [-0.3, -0.25) is 4.79 Å². The molecular formula is C13H18F3N3OS. The van der Waals surface area contributed by atoms with Gasteiger partial charge in [0.1, 0.15) is 5.69 Å². The van der Waals surface area contributed by atoms with Crippen molar-refractivity contribution in [1.82, 2.24) is 15.3 Å². The summed E-state index contributed by atoms with van der Waals surface area (Å²) in [6.07, 6.45) is 0.755. The second-order valence-corrected chi connectivity index (χ2v) is 5.36. The molecule has 0 radical (unpaired) electrons. The monoisotopic (exact) mass is 321 g/mol. The Balaban J connectivity index is 2.33. The van der Waals surface area contributed by atoms with Crippen LogP contribution in [0.3, 0.4) is 0 Å². The van der Waals surface area contributed by atoms with E-state index in [-0.39, 0.29) is 16.8 Å². The van der Waals surface area contributed by atoms with Gasteiger partial charge in [0.25, 0.3) is 0 Å². The Morgan fingerprint density at radius 3 is 2.76 bits per heavy atom. The first kappa shape index (κ1) is 17.7. The zero-order chi connectivity index (χ0) is 15.7. The van der Waals surface area contributed by atoms with Gasteiger partial charge in [-0.15, -0.1) is 0 Å². The van der Waals surface area contributed by atoms with E-state index in [0.717, 1.165) is 49.7 Å². The number of carbonyl (C=O) groups is 1. The number of nitrogens with zero attached hydrogens (tertiary/aromatic N) is 2. The van der Waals surface area contributed by atoms with Crippen LogP contribution in [0.1, 0.15) is 38.3 Å².